The molecule has 0 atom stereocenters. The van der Waals surface area contributed by atoms with E-state index in [4.69, 9.17) is 4.74 Å². The number of benzene rings is 1. The van der Waals surface area contributed by atoms with Crippen LogP contribution in [-0.4, -0.2) is 12.6 Å². The van der Waals surface area contributed by atoms with Crippen LogP contribution in [0.3, 0.4) is 0 Å². The number of hydrogen-bond acceptors (Lipinski definition) is 2. The van der Waals surface area contributed by atoms with E-state index in [2.05, 4.69) is 22.6 Å². The zero-order valence-corrected chi connectivity index (χ0v) is 10.1. The van der Waals surface area contributed by atoms with E-state index in [1.54, 1.807) is 19.9 Å². The molecular weight excluding hydrogens is 298 g/mol. The zero-order chi connectivity index (χ0) is 10.7. The second-order valence-electron chi connectivity index (χ2n) is 2.75. The van der Waals surface area contributed by atoms with Gasteiger partial charge in [0, 0.05) is 3.57 Å². The molecular formula is C10H10FIO2. The van der Waals surface area contributed by atoms with Crippen molar-refractivity contribution in [3.8, 4) is 0 Å². The van der Waals surface area contributed by atoms with Gasteiger partial charge in [0.1, 0.15) is 5.82 Å². The minimum Gasteiger partial charge on any atom is -0.462 e. The third-order valence-electron chi connectivity index (χ3n) is 1.83. The lowest BCUT2D eigenvalue weighted by molar-refractivity contribution is 0.0520. The maximum Gasteiger partial charge on any atom is 0.341 e. The molecule has 0 unspecified atom stereocenters. The highest BCUT2D eigenvalue weighted by atomic mass is 127. The summed E-state index contributed by atoms with van der Waals surface area (Å²) in [6.45, 7) is 3.65. The molecule has 1 aromatic carbocycles. The minimum absolute atomic E-state index is 0.0405. The molecule has 1 rings (SSSR count). The van der Waals surface area contributed by atoms with Gasteiger partial charge < -0.3 is 4.74 Å². The molecule has 1 aromatic rings. The van der Waals surface area contributed by atoms with Crippen LogP contribution in [0.1, 0.15) is 22.8 Å². The van der Waals surface area contributed by atoms with Gasteiger partial charge in [0.25, 0.3) is 0 Å². The van der Waals surface area contributed by atoms with Crippen molar-refractivity contribution in [1.29, 1.82) is 0 Å². The minimum atomic E-state index is -0.596. The van der Waals surface area contributed by atoms with Crippen LogP contribution in [0.5, 0.6) is 0 Å². The fourth-order valence-corrected chi connectivity index (χ4v) is 1.56. The second kappa shape index (κ2) is 4.72. The van der Waals surface area contributed by atoms with Gasteiger partial charge in [-0.25, -0.2) is 9.18 Å². The molecule has 0 aromatic heterocycles. The third-order valence-corrected chi connectivity index (χ3v) is 3.00. The molecule has 0 radical (unpaired) electrons. The lowest BCUT2D eigenvalue weighted by Crippen LogP contribution is -2.10. The Morgan fingerprint density at radius 3 is 2.79 bits per heavy atom. The number of hydrogen-bond donors (Lipinski definition) is 0. The van der Waals surface area contributed by atoms with Crippen molar-refractivity contribution in [3.05, 3.63) is 32.6 Å². The Kier molecular flexibility index (Phi) is 3.86. The molecule has 14 heavy (non-hydrogen) atoms. The van der Waals surface area contributed by atoms with E-state index in [-0.39, 0.29) is 12.2 Å². The normalized spacial score (nSPS) is 10.0. The first-order valence-corrected chi connectivity index (χ1v) is 5.27. The van der Waals surface area contributed by atoms with Gasteiger partial charge in [0.2, 0.25) is 0 Å². The summed E-state index contributed by atoms with van der Waals surface area (Å²) in [5.74, 6) is -1.12. The molecule has 0 aliphatic heterocycles. The van der Waals surface area contributed by atoms with Crippen LogP contribution in [0.2, 0.25) is 0 Å². The van der Waals surface area contributed by atoms with Gasteiger partial charge in [-0.2, -0.15) is 0 Å². The summed E-state index contributed by atoms with van der Waals surface area (Å²) in [6.07, 6.45) is 0. The van der Waals surface area contributed by atoms with Gasteiger partial charge in [0.15, 0.2) is 0 Å². The molecule has 0 saturated heterocycles. The lowest BCUT2D eigenvalue weighted by atomic mass is 10.1. The lowest BCUT2D eigenvalue weighted by Gasteiger charge is -2.07. The van der Waals surface area contributed by atoms with E-state index in [1.807, 2.05) is 0 Å². The quantitative estimate of drug-likeness (QED) is 0.620. The van der Waals surface area contributed by atoms with Gasteiger partial charge >= 0.3 is 5.97 Å². The molecule has 2 nitrogen and oxygen atoms in total. The van der Waals surface area contributed by atoms with Crippen LogP contribution in [0.15, 0.2) is 12.1 Å². The highest BCUT2D eigenvalue weighted by Crippen LogP contribution is 2.19. The Hall–Kier alpha value is -0.650. The van der Waals surface area contributed by atoms with Gasteiger partial charge in [-0.1, -0.05) is 0 Å². The van der Waals surface area contributed by atoms with Gasteiger partial charge in [-0.3, -0.25) is 0 Å². The van der Waals surface area contributed by atoms with Crippen molar-refractivity contribution in [1.82, 2.24) is 0 Å². The van der Waals surface area contributed by atoms with Crippen molar-refractivity contribution >= 4 is 28.6 Å². The van der Waals surface area contributed by atoms with E-state index in [9.17, 15) is 9.18 Å². The Bertz CT molecular complexity index is 363. The number of ether oxygens (including phenoxy) is 1. The van der Waals surface area contributed by atoms with Crippen molar-refractivity contribution in [2.45, 2.75) is 13.8 Å². The Labute approximate surface area is 95.6 Å². The molecule has 0 saturated carbocycles. The summed E-state index contributed by atoms with van der Waals surface area (Å²) < 4.78 is 18.9. The first-order valence-electron chi connectivity index (χ1n) is 4.19. The van der Waals surface area contributed by atoms with Gasteiger partial charge in [-0.05, 0) is 54.1 Å². The van der Waals surface area contributed by atoms with E-state index < -0.39 is 11.8 Å². The fraction of sp³-hybridized carbons (Fsp3) is 0.300. The average Bonchev–Trinajstić information content (AvgIpc) is 2.13. The number of rotatable bonds is 2. The van der Waals surface area contributed by atoms with E-state index in [0.717, 1.165) is 3.57 Å². The first-order chi connectivity index (χ1) is 6.57. The predicted molar refractivity (Wildman–Crippen MR) is 59.8 cm³/mol. The summed E-state index contributed by atoms with van der Waals surface area (Å²) in [5.41, 5.74) is 0.669. The molecule has 0 N–H and O–H groups in total. The van der Waals surface area contributed by atoms with Crippen molar-refractivity contribution in [2.75, 3.05) is 6.61 Å². The summed E-state index contributed by atoms with van der Waals surface area (Å²) in [4.78, 5) is 11.4. The number of carbonyl (C=O) groups excluding carboxylic acids is 1. The van der Waals surface area contributed by atoms with Crippen LogP contribution >= 0.6 is 22.6 Å². The largest absolute Gasteiger partial charge is 0.462 e. The Morgan fingerprint density at radius 2 is 2.21 bits per heavy atom. The smallest absolute Gasteiger partial charge is 0.341 e. The van der Waals surface area contributed by atoms with E-state index >= 15 is 0 Å². The summed E-state index contributed by atoms with van der Waals surface area (Å²) in [5, 5.41) is 0. The molecule has 0 bridgehead atoms. The molecule has 0 amide bonds. The Balaban J connectivity index is 3.18. The predicted octanol–water partition coefficient (Wildman–Crippen LogP) is 2.92. The molecule has 0 aliphatic rings. The van der Waals surface area contributed by atoms with E-state index in [0.29, 0.717) is 5.56 Å². The fourth-order valence-electron chi connectivity index (χ4n) is 1.11. The maximum atomic E-state index is 13.3. The SMILES string of the molecule is CCOC(=O)c1c(F)ccc(I)c1C. The van der Waals surface area contributed by atoms with Crippen LogP contribution in [0.4, 0.5) is 4.39 Å². The Morgan fingerprint density at radius 1 is 1.57 bits per heavy atom. The maximum absolute atomic E-state index is 13.3. The van der Waals surface area contributed by atoms with Crippen LogP contribution in [-0.2, 0) is 4.74 Å². The third kappa shape index (κ3) is 2.23. The topological polar surface area (TPSA) is 26.3 Å². The van der Waals surface area contributed by atoms with Crippen molar-refractivity contribution in [2.24, 2.45) is 0 Å². The van der Waals surface area contributed by atoms with Crippen LogP contribution in [0.25, 0.3) is 0 Å². The molecule has 0 aliphatic carbocycles. The van der Waals surface area contributed by atoms with Crippen LogP contribution in [0, 0.1) is 16.3 Å². The molecule has 0 spiro atoms. The molecule has 0 heterocycles. The number of halogens is 2. The van der Waals surface area contributed by atoms with Crippen LogP contribution < -0.4 is 0 Å². The summed E-state index contributed by atoms with van der Waals surface area (Å²) in [6, 6.07) is 2.91. The number of carbonyl (C=O) groups is 1. The summed E-state index contributed by atoms with van der Waals surface area (Å²) in [7, 11) is 0. The standard InChI is InChI=1S/C10H10FIO2/c1-3-14-10(13)9-6(2)8(12)5-4-7(9)11/h4-5H,3H2,1-2H3. The first kappa shape index (κ1) is 11.4. The van der Waals surface area contributed by atoms with Gasteiger partial charge in [-0.15, -0.1) is 0 Å². The highest BCUT2D eigenvalue weighted by molar-refractivity contribution is 14.1. The van der Waals surface area contributed by atoms with Gasteiger partial charge in [0.05, 0.1) is 12.2 Å². The summed E-state index contributed by atoms with van der Waals surface area (Å²) >= 11 is 2.05. The van der Waals surface area contributed by atoms with Crippen molar-refractivity contribution < 1.29 is 13.9 Å². The molecule has 4 heteroatoms. The average molecular weight is 308 g/mol. The van der Waals surface area contributed by atoms with Crippen molar-refractivity contribution in [3.63, 3.8) is 0 Å². The van der Waals surface area contributed by atoms with E-state index in [1.165, 1.54) is 6.07 Å². The molecule has 0 fully saturated rings. The highest BCUT2D eigenvalue weighted by Gasteiger charge is 2.17. The molecule has 76 valence electrons. The second-order valence-corrected chi connectivity index (χ2v) is 3.91. The number of esters is 1. The zero-order valence-electron chi connectivity index (χ0n) is 7.93. The monoisotopic (exact) mass is 308 g/mol.